The van der Waals surface area contributed by atoms with Crippen LogP contribution >= 0.6 is 11.3 Å². The number of hydrogen-bond acceptors (Lipinski definition) is 4. The van der Waals surface area contributed by atoms with Gasteiger partial charge in [-0.2, -0.15) is 0 Å². The monoisotopic (exact) mass is 170 g/mol. The van der Waals surface area contributed by atoms with Gasteiger partial charge in [-0.25, -0.2) is 0 Å². The lowest BCUT2D eigenvalue weighted by molar-refractivity contribution is -0.380. The number of nitrogens with one attached hydrogen (secondary N) is 1. The second kappa shape index (κ2) is 2.28. The van der Waals surface area contributed by atoms with Crippen molar-refractivity contribution in [1.29, 1.82) is 0 Å². The van der Waals surface area contributed by atoms with Crippen molar-refractivity contribution in [2.24, 2.45) is 0 Å². The van der Waals surface area contributed by atoms with Gasteiger partial charge < -0.3 is 5.32 Å². The van der Waals surface area contributed by atoms with Gasteiger partial charge in [-0.15, -0.1) is 0 Å². The Balaban J connectivity index is 2.25. The molecular formula is C6H6N2O2S. The average molecular weight is 170 g/mol. The van der Waals surface area contributed by atoms with E-state index in [9.17, 15) is 10.1 Å². The van der Waals surface area contributed by atoms with Gasteiger partial charge in [0.25, 0.3) is 0 Å². The summed E-state index contributed by atoms with van der Waals surface area (Å²) in [5.74, 6) is 0. The molecule has 0 amide bonds. The average Bonchev–Trinajstić information content (AvgIpc) is 2.68. The molecule has 1 aliphatic heterocycles. The molecule has 1 aliphatic rings. The van der Waals surface area contributed by atoms with Crippen LogP contribution in [-0.4, -0.2) is 11.5 Å². The molecule has 58 valence electrons. The van der Waals surface area contributed by atoms with Gasteiger partial charge in [0.15, 0.2) is 0 Å². The van der Waals surface area contributed by atoms with E-state index in [0.717, 1.165) is 11.4 Å². The first kappa shape index (κ1) is 6.75. The molecule has 1 aromatic rings. The second-order valence-corrected chi connectivity index (χ2v) is 3.49. The molecule has 0 aliphatic carbocycles. The molecule has 2 rings (SSSR count). The fourth-order valence-corrected chi connectivity index (χ4v) is 1.78. The van der Waals surface area contributed by atoms with E-state index in [1.54, 1.807) is 6.07 Å². The number of rotatable bonds is 2. The van der Waals surface area contributed by atoms with Gasteiger partial charge in [0, 0.05) is 17.5 Å². The van der Waals surface area contributed by atoms with Gasteiger partial charge in [0.05, 0.1) is 11.0 Å². The van der Waals surface area contributed by atoms with Crippen LogP contribution in [0, 0.1) is 10.1 Å². The second-order valence-electron chi connectivity index (χ2n) is 2.39. The lowest BCUT2D eigenvalue weighted by atomic mass is 10.4. The van der Waals surface area contributed by atoms with Crippen molar-refractivity contribution >= 4 is 16.3 Å². The zero-order valence-electron chi connectivity index (χ0n) is 5.61. The van der Waals surface area contributed by atoms with E-state index in [0.29, 0.717) is 6.04 Å². The van der Waals surface area contributed by atoms with E-state index < -0.39 is 0 Å². The molecule has 1 aromatic heterocycles. The van der Waals surface area contributed by atoms with Crippen molar-refractivity contribution in [3.05, 3.63) is 27.1 Å². The van der Waals surface area contributed by atoms with Crippen LogP contribution in [0.25, 0.3) is 0 Å². The van der Waals surface area contributed by atoms with Crippen LogP contribution in [0.4, 0.5) is 5.00 Å². The Bertz CT molecular complexity index is 293. The first-order chi connectivity index (χ1) is 5.27. The topological polar surface area (TPSA) is 65.1 Å². The maximum absolute atomic E-state index is 10.3. The fourth-order valence-electron chi connectivity index (χ4n) is 0.888. The molecule has 5 heteroatoms. The highest BCUT2D eigenvalue weighted by Gasteiger charge is 2.25. The third-order valence-corrected chi connectivity index (χ3v) is 2.69. The van der Waals surface area contributed by atoms with Gasteiger partial charge in [-0.1, -0.05) is 11.3 Å². The summed E-state index contributed by atoms with van der Waals surface area (Å²) in [6, 6.07) is 3.75. The molecule has 0 radical (unpaired) electrons. The lowest BCUT2D eigenvalue weighted by Crippen LogP contribution is -1.80. The Morgan fingerprint density at radius 1 is 1.73 bits per heavy atom. The van der Waals surface area contributed by atoms with Crippen molar-refractivity contribution in [2.45, 2.75) is 6.04 Å². The number of thiophene rings is 1. The van der Waals surface area contributed by atoms with Crippen molar-refractivity contribution in [2.75, 3.05) is 6.54 Å². The third-order valence-electron chi connectivity index (χ3n) is 1.54. The maximum atomic E-state index is 10.3. The molecule has 1 N–H and O–H groups in total. The van der Waals surface area contributed by atoms with Crippen LogP contribution in [0.1, 0.15) is 10.9 Å². The molecule has 0 bridgehead atoms. The van der Waals surface area contributed by atoms with Gasteiger partial charge in [-0.3, -0.25) is 10.1 Å². The van der Waals surface area contributed by atoms with Crippen molar-refractivity contribution in [3.63, 3.8) is 0 Å². The maximum Gasteiger partial charge on any atom is 0.324 e. The van der Waals surface area contributed by atoms with Crippen LogP contribution in [0.2, 0.25) is 0 Å². The number of hydrogen-bond donors (Lipinski definition) is 1. The van der Waals surface area contributed by atoms with Gasteiger partial charge in [0.1, 0.15) is 0 Å². The van der Waals surface area contributed by atoms with Gasteiger partial charge in [0.2, 0.25) is 0 Å². The molecule has 0 unspecified atom stereocenters. The highest BCUT2D eigenvalue weighted by Crippen LogP contribution is 2.32. The van der Waals surface area contributed by atoms with E-state index in [2.05, 4.69) is 5.32 Å². The summed E-state index contributed by atoms with van der Waals surface area (Å²) in [6.07, 6.45) is 0. The summed E-state index contributed by atoms with van der Waals surface area (Å²) in [5.41, 5.74) is 0. The number of nitro groups is 1. The van der Waals surface area contributed by atoms with E-state index >= 15 is 0 Å². The Labute approximate surface area is 67.0 Å². The highest BCUT2D eigenvalue weighted by molar-refractivity contribution is 7.15. The summed E-state index contributed by atoms with van der Waals surface area (Å²) >= 11 is 1.25. The predicted octanol–water partition coefficient (Wildman–Crippen LogP) is 1.30. The normalized spacial score (nSPS) is 21.6. The molecule has 0 saturated carbocycles. The quantitative estimate of drug-likeness (QED) is 0.413. The first-order valence-electron chi connectivity index (χ1n) is 3.25. The molecular weight excluding hydrogens is 164 g/mol. The summed E-state index contributed by atoms with van der Waals surface area (Å²) in [5, 5.41) is 13.6. The largest absolute Gasteiger partial charge is 0.324 e. The molecule has 0 aromatic carbocycles. The Morgan fingerprint density at radius 2 is 2.45 bits per heavy atom. The summed E-state index contributed by atoms with van der Waals surface area (Å²) in [6.45, 7) is 0.956. The van der Waals surface area contributed by atoms with Crippen LogP contribution in [0.15, 0.2) is 12.1 Å². The standard InChI is InChI=1S/C6H6N2O2S/c9-8(10)6-2-1-5(11-6)4-3-7-4/h1-2,4,7H,3H2/t4-/m1/s1. The smallest absolute Gasteiger partial charge is 0.306 e. The van der Waals surface area contributed by atoms with Crippen molar-refractivity contribution in [1.82, 2.24) is 5.32 Å². The molecule has 1 atom stereocenters. The third kappa shape index (κ3) is 1.24. The molecule has 4 nitrogen and oxygen atoms in total. The number of nitrogens with zero attached hydrogens (tertiary/aromatic N) is 1. The Morgan fingerprint density at radius 3 is 2.91 bits per heavy atom. The fraction of sp³-hybridized carbons (Fsp3) is 0.333. The minimum atomic E-state index is -0.351. The zero-order chi connectivity index (χ0) is 7.84. The molecule has 2 heterocycles. The highest BCUT2D eigenvalue weighted by atomic mass is 32.1. The SMILES string of the molecule is O=[N+]([O-])c1ccc([C@H]2CN2)s1. The van der Waals surface area contributed by atoms with E-state index in [1.165, 1.54) is 11.3 Å². The molecule has 11 heavy (non-hydrogen) atoms. The lowest BCUT2D eigenvalue weighted by Gasteiger charge is -1.82. The summed E-state index contributed by atoms with van der Waals surface area (Å²) in [7, 11) is 0. The zero-order valence-corrected chi connectivity index (χ0v) is 6.43. The summed E-state index contributed by atoms with van der Waals surface area (Å²) in [4.78, 5) is 11.0. The van der Waals surface area contributed by atoms with E-state index in [-0.39, 0.29) is 9.92 Å². The van der Waals surface area contributed by atoms with Gasteiger partial charge in [-0.05, 0) is 6.07 Å². The van der Waals surface area contributed by atoms with Crippen LogP contribution in [0.5, 0.6) is 0 Å². The van der Waals surface area contributed by atoms with Crippen molar-refractivity contribution in [3.8, 4) is 0 Å². The van der Waals surface area contributed by atoms with Crippen molar-refractivity contribution < 1.29 is 4.92 Å². The first-order valence-corrected chi connectivity index (χ1v) is 4.06. The van der Waals surface area contributed by atoms with E-state index in [1.807, 2.05) is 6.07 Å². The minimum absolute atomic E-state index is 0.230. The van der Waals surface area contributed by atoms with Crippen LogP contribution < -0.4 is 5.32 Å². The molecule has 1 fully saturated rings. The van der Waals surface area contributed by atoms with E-state index in [4.69, 9.17) is 0 Å². The molecule has 0 spiro atoms. The minimum Gasteiger partial charge on any atom is -0.306 e. The van der Waals surface area contributed by atoms with Gasteiger partial charge >= 0.3 is 5.00 Å². The van der Waals surface area contributed by atoms with Crippen LogP contribution in [0.3, 0.4) is 0 Å². The predicted molar refractivity (Wildman–Crippen MR) is 41.7 cm³/mol. The summed E-state index contributed by atoms with van der Waals surface area (Å²) < 4.78 is 0. The molecule has 1 saturated heterocycles. The van der Waals surface area contributed by atoms with Crippen LogP contribution in [-0.2, 0) is 0 Å². The Kier molecular flexibility index (Phi) is 1.40. The Hall–Kier alpha value is -0.940.